The SMILES string of the molecule is Cn1cc(CC(=O)C2CCCN2C2CCNCC2)cn1. The number of aryl methyl sites for hydroxylation is 1. The molecule has 2 aliphatic heterocycles. The summed E-state index contributed by atoms with van der Waals surface area (Å²) in [7, 11) is 1.89. The van der Waals surface area contributed by atoms with Crippen LogP contribution >= 0.6 is 0 Å². The molecule has 0 spiro atoms. The number of Topliss-reactive ketones (excluding diaryl/α,β-unsaturated/α-hetero) is 1. The monoisotopic (exact) mass is 276 g/mol. The van der Waals surface area contributed by atoms with Crippen LogP contribution in [0, 0.1) is 0 Å². The number of hydrogen-bond donors (Lipinski definition) is 1. The maximum Gasteiger partial charge on any atom is 0.154 e. The van der Waals surface area contributed by atoms with Crippen molar-refractivity contribution in [2.24, 2.45) is 7.05 Å². The molecule has 20 heavy (non-hydrogen) atoms. The van der Waals surface area contributed by atoms with Gasteiger partial charge in [0.1, 0.15) is 0 Å². The largest absolute Gasteiger partial charge is 0.317 e. The summed E-state index contributed by atoms with van der Waals surface area (Å²) in [6.45, 7) is 3.27. The van der Waals surface area contributed by atoms with Crippen LogP contribution in [0.25, 0.3) is 0 Å². The summed E-state index contributed by atoms with van der Waals surface area (Å²) in [5, 5.41) is 7.55. The Morgan fingerprint density at radius 3 is 2.90 bits per heavy atom. The van der Waals surface area contributed by atoms with Crippen LogP contribution in [0.4, 0.5) is 0 Å². The molecule has 1 unspecified atom stereocenters. The number of carbonyl (C=O) groups is 1. The van der Waals surface area contributed by atoms with Crippen LogP contribution in [0.5, 0.6) is 0 Å². The van der Waals surface area contributed by atoms with Gasteiger partial charge in [0.15, 0.2) is 5.78 Å². The fourth-order valence-corrected chi connectivity index (χ4v) is 3.59. The lowest BCUT2D eigenvalue weighted by atomic mass is 9.99. The number of carbonyl (C=O) groups excluding carboxylic acids is 1. The van der Waals surface area contributed by atoms with Crippen molar-refractivity contribution in [2.45, 2.75) is 44.2 Å². The minimum atomic E-state index is 0.137. The first-order chi connectivity index (χ1) is 9.74. The van der Waals surface area contributed by atoms with E-state index in [-0.39, 0.29) is 6.04 Å². The Bertz CT molecular complexity index is 464. The van der Waals surface area contributed by atoms with Gasteiger partial charge in [0.2, 0.25) is 0 Å². The van der Waals surface area contributed by atoms with Crippen molar-refractivity contribution in [3.8, 4) is 0 Å². The third-order valence-electron chi connectivity index (χ3n) is 4.58. The summed E-state index contributed by atoms with van der Waals surface area (Å²) in [5.74, 6) is 0.369. The molecular formula is C15H24N4O. The Kier molecular flexibility index (Phi) is 4.17. The lowest BCUT2D eigenvalue weighted by molar-refractivity contribution is -0.123. The maximum absolute atomic E-state index is 12.6. The van der Waals surface area contributed by atoms with Crippen LogP contribution in [-0.2, 0) is 18.3 Å². The molecule has 5 heteroatoms. The van der Waals surface area contributed by atoms with Crippen LogP contribution in [0.3, 0.4) is 0 Å². The van der Waals surface area contributed by atoms with Crippen molar-refractivity contribution >= 4 is 5.78 Å². The highest BCUT2D eigenvalue weighted by atomic mass is 16.1. The standard InChI is InChI=1S/C15H24N4O/c1-18-11-12(10-17-18)9-15(20)14-3-2-8-19(14)13-4-6-16-7-5-13/h10-11,13-14,16H,2-9H2,1H3. The van der Waals surface area contributed by atoms with Gasteiger partial charge in [-0.05, 0) is 50.9 Å². The average molecular weight is 276 g/mol. The van der Waals surface area contributed by atoms with Gasteiger partial charge in [0.05, 0.1) is 12.2 Å². The van der Waals surface area contributed by atoms with Gasteiger partial charge in [-0.1, -0.05) is 0 Å². The van der Waals surface area contributed by atoms with E-state index >= 15 is 0 Å². The van der Waals surface area contributed by atoms with Crippen LogP contribution in [0.1, 0.15) is 31.2 Å². The number of piperidine rings is 1. The highest BCUT2D eigenvalue weighted by Gasteiger charge is 2.35. The Morgan fingerprint density at radius 1 is 1.40 bits per heavy atom. The molecule has 0 bridgehead atoms. The number of nitrogens with one attached hydrogen (secondary N) is 1. The minimum absolute atomic E-state index is 0.137. The van der Waals surface area contributed by atoms with Gasteiger partial charge in [-0.25, -0.2) is 0 Å². The van der Waals surface area contributed by atoms with E-state index in [1.807, 2.05) is 19.4 Å². The number of likely N-dealkylation sites (tertiary alicyclic amines) is 1. The lowest BCUT2D eigenvalue weighted by Gasteiger charge is -2.35. The molecule has 0 amide bonds. The molecule has 0 aliphatic carbocycles. The lowest BCUT2D eigenvalue weighted by Crippen LogP contribution is -2.48. The molecule has 5 nitrogen and oxygen atoms in total. The maximum atomic E-state index is 12.6. The predicted octanol–water partition coefficient (Wildman–Crippen LogP) is 0.748. The molecule has 1 aromatic rings. The van der Waals surface area contributed by atoms with Crippen molar-refractivity contribution < 1.29 is 4.79 Å². The molecule has 1 N–H and O–H groups in total. The predicted molar refractivity (Wildman–Crippen MR) is 77.5 cm³/mol. The van der Waals surface area contributed by atoms with Crippen LogP contribution in [0.15, 0.2) is 12.4 Å². The molecule has 2 fully saturated rings. The number of aromatic nitrogens is 2. The van der Waals surface area contributed by atoms with E-state index in [9.17, 15) is 4.79 Å². The second kappa shape index (κ2) is 6.06. The van der Waals surface area contributed by atoms with Gasteiger partial charge >= 0.3 is 0 Å². The zero-order chi connectivity index (χ0) is 13.9. The number of nitrogens with zero attached hydrogens (tertiary/aromatic N) is 3. The third-order valence-corrected chi connectivity index (χ3v) is 4.58. The van der Waals surface area contributed by atoms with Gasteiger partial charge in [-0.2, -0.15) is 5.10 Å². The van der Waals surface area contributed by atoms with Crippen molar-refractivity contribution in [3.63, 3.8) is 0 Å². The molecular weight excluding hydrogens is 252 g/mol. The zero-order valence-corrected chi connectivity index (χ0v) is 12.2. The summed E-state index contributed by atoms with van der Waals surface area (Å²) in [4.78, 5) is 15.1. The molecule has 3 rings (SSSR count). The van der Waals surface area contributed by atoms with Crippen molar-refractivity contribution in [2.75, 3.05) is 19.6 Å². The van der Waals surface area contributed by atoms with E-state index in [1.165, 1.54) is 12.8 Å². The Balaban J connectivity index is 1.63. The topological polar surface area (TPSA) is 50.2 Å². The Labute approximate surface area is 120 Å². The van der Waals surface area contributed by atoms with Gasteiger partial charge < -0.3 is 5.32 Å². The van der Waals surface area contributed by atoms with Gasteiger partial charge in [-0.15, -0.1) is 0 Å². The minimum Gasteiger partial charge on any atom is -0.317 e. The summed E-state index contributed by atoms with van der Waals surface area (Å²) in [5.41, 5.74) is 1.04. The second-order valence-electron chi connectivity index (χ2n) is 6.04. The first-order valence-electron chi connectivity index (χ1n) is 7.71. The summed E-state index contributed by atoms with van der Waals surface area (Å²) >= 11 is 0. The number of ketones is 1. The van der Waals surface area contributed by atoms with E-state index in [1.54, 1.807) is 4.68 Å². The number of rotatable bonds is 4. The quantitative estimate of drug-likeness (QED) is 0.881. The van der Waals surface area contributed by atoms with Crippen LogP contribution in [-0.4, -0.2) is 52.2 Å². The molecule has 0 radical (unpaired) electrons. The summed E-state index contributed by atoms with van der Waals surface area (Å²) < 4.78 is 1.77. The number of hydrogen-bond acceptors (Lipinski definition) is 4. The first-order valence-corrected chi connectivity index (χ1v) is 7.71. The van der Waals surface area contributed by atoms with E-state index in [0.717, 1.165) is 38.0 Å². The summed E-state index contributed by atoms with van der Waals surface area (Å²) in [6, 6.07) is 0.736. The highest BCUT2D eigenvalue weighted by molar-refractivity contribution is 5.86. The normalized spacial score (nSPS) is 25.1. The Morgan fingerprint density at radius 2 is 2.20 bits per heavy atom. The fraction of sp³-hybridized carbons (Fsp3) is 0.733. The summed E-state index contributed by atoms with van der Waals surface area (Å²) in [6.07, 6.45) is 8.83. The van der Waals surface area contributed by atoms with E-state index in [4.69, 9.17) is 0 Å². The first kappa shape index (κ1) is 13.8. The molecule has 2 saturated heterocycles. The zero-order valence-electron chi connectivity index (χ0n) is 12.2. The highest BCUT2D eigenvalue weighted by Crippen LogP contribution is 2.25. The molecule has 2 aliphatic rings. The third kappa shape index (κ3) is 2.94. The van der Waals surface area contributed by atoms with Gasteiger partial charge in [0, 0.05) is 25.7 Å². The second-order valence-corrected chi connectivity index (χ2v) is 6.04. The van der Waals surface area contributed by atoms with Crippen LogP contribution < -0.4 is 5.32 Å². The van der Waals surface area contributed by atoms with E-state index in [0.29, 0.717) is 18.2 Å². The van der Waals surface area contributed by atoms with Crippen LogP contribution in [0.2, 0.25) is 0 Å². The van der Waals surface area contributed by atoms with Crippen molar-refractivity contribution in [1.82, 2.24) is 20.0 Å². The average Bonchev–Trinajstić information content (AvgIpc) is 3.09. The van der Waals surface area contributed by atoms with Gasteiger partial charge in [-0.3, -0.25) is 14.4 Å². The molecule has 1 aromatic heterocycles. The van der Waals surface area contributed by atoms with Gasteiger partial charge in [0.25, 0.3) is 0 Å². The molecule has 110 valence electrons. The van der Waals surface area contributed by atoms with Crippen molar-refractivity contribution in [3.05, 3.63) is 18.0 Å². The fourth-order valence-electron chi connectivity index (χ4n) is 3.59. The smallest absolute Gasteiger partial charge is 0.154 e. The van der Waals surface area contributed by atoms with Crippen molar-refractivity contribution in [1.29, 1.82) is 0 Å². The molecule has 1 atom stereocenters. The molecule has 0 aromatic carbocycles. The van der Waals surface area contributed by atoms with E-state index in [2.05, 4.69) is 15.3 Å². The molecule has 0 saturated carbocycles. The molecule has 3 heterocycles. The Hall–Kier alpha value is -1.20. The van der Waals surface area contributed by atoms with E-state index < -0.39 is 0 Å².